The molecule has 1 aliphatic heterocycles. The number of hydrogen-bond acceptors (Lipinski definition) is 5. The molecule has 5 nitrogen and oxygen atoms in total. The minimum Gasteiger partial charge on any atom is -0.492 e. The molecule has 2 aromatic carbocycles. The molecular formula is C18H12ClN3O2S. The Morgan fingerprint density at radius 2 is 1.84 bits per heavy atom. The number of rotatable bonds is 3. The number of amides is 1. The summed E-state index contributed by atoms with van der Waals surface area (Å²) in [5.41, 5.74) is 1.26. The normalized spacial score (nSPS) is 12.9. The van der Waals surface area contributed by atoms with E-state index in [1.165, 1.54) is 11.3 Å². The van der Waals surface area contributed by atoms with Crippen LogP contribution in [0.2, 0.25) is 5.02 Å². The molecule has 1 amide bonds. The minimum atomic E-state index is -0.360. The third kappa shape index (κ3) is 2.69. The Kier molecular flexibility index (Phi) is 3.78. The molecule has 0 spiro atoms. The molecule has 7 heteroatoms. The summed E-state index contributed by atoms with van der Waals surface area (Å²) in [6.07, 6.45) is 0. The van der Waals surface area contributed by atoms with E-state index in [-0.39, 0.29) is 11.8 Å². The van der Waals surface area contributed by atoms with Crippen molar-refractivity contribution in [1.29, 1.82) is 0 Å². The summed E-state index contributed by atoms with van der Waals surface area (Å²) in [6, 6.07) is 14.5. The average molecular weight is 370 g/mol. The second-order valence-corrected chi connectivity index (χ2v) is 6.91. The van der Waals surface area contributed by atoms with Gasteiger partial charge in [-0.25, -0.2) is 4.99 Å². The van der Waals surface area contributed by atoms with Crippen LogP contribution in [0.15, 0.2) is 53.5 Å². The van der Waals surface area contributed by atoms with Crippen molar-refractivity contribution < 1.29 is 9.90 Å². The Morgan fingerprint density at radius 3 is 2.60 bits per heavy atom. The summed E-state index contributed by atoms with van der Waals surface area (Å²) >= 11 is 7.16. The molecule has 1 N–H and O–H groups in total. The number of hydrogen-bond donors (Lipinski definition) is 1. The molecule has 0 radical (unpaired) electrons. The molecule has 0 bridgehead atoms. The summed E-state index contributed by atoms with van der Waals surface area (Å²) < 4.78 is 0. The van der Waals surface area contributed by atoms with Gasteiger partial charge in [0.1, 0.15) is 4.88 Å². The largest absolute Gasteiger partial charge is 0.492 e. The van der Waals surface area contributed by atoms with Gasteiger partial charge in [0.25, 0.3) is 5.91 Å². The number of aromatic hydroxyl groups is 1. The van der Waals surface area contributed by atoms with Gasteiger partial charge in [0.15, 0.2) is 5.13 Å². The van der Waals surface area contributed by atoms with Crippen LogP contribution in [0.4, 0.5) is 10.8 Å². The van der Waals surface area contributed by atoms with Crippen LogP contribution in [0.3, 0.4) is 0 Å². The van der Waals surface area contributed by atoms with Gasteiger partial charge in [0, 0.05) is 23.0 Å². The first-order valence-electron chi connectivity index (χ1n) is 7.46. The van der Waals surface area contributed by atoms with Crippen molar-refractivity contribution in [3.05, 3.63) is 69.0 Å². The Bertz CT molecular complexity index is 1110. The van der Waals surface area contributed by atoms with Crippen LogP contribution >= 0.6 is 22.9 Å². The predicted molar refractivity (Wildman–Crippen MR) is 98.0 cm³/mol. The van der Waals surface area contributed by atoms with Gasteiger partial charge in [-0.3, -0.25) is 4.79 Å². The van der Waals surface area contributed by atoms with E-state index >= 15 is 0 Å². The number of aromatic nitrogens is 1. The van der Waals surface area contributed by atoms with E-state index in [4.69, 9.17) is 11.6 Å². The maximum atomic E-state index is 12.3. The Labute approximate surface area is 152 Å². The zero-order chi connectivity index (χ0) is 17.6. The number of carbonyl (C=O) groups is 1. The molecule has 1 aliphatic rings. The standard InChI is InChI=1S/C18H12ClN3O2S/c1-22(11-8-6-10(19)7-9-11)18-21-17(24)15(25-18)14-12-4-2-3-5-13(12)20-16(14)23/h2-9,24H,1H3. The van der Waals surface area contributed by atoms with Crippen LogP contribution in [-0.4, -0.2) is 23.0 Å². The number of anilines is 2. The summed E-state index contributed by atoms with van der Waals surface area (Å²) in [5, 5.41) is 12.9. The van der Waals surface area contributed by atoms with Gasteiger partial charge in [-0.05, 0) is 30.3 Å². The maximum absolute atomic E-state index is 12.3. The van der Waals surface area contributed by atoms with E-state index in [1.54, 1.807) is 18.2 Å². The number of halogens is 1. The fourth-order valence-electron chi connectivity index (χ4n) is 2.67. The van der Waals surface area contributed by atoms with Crippen LogP contribution in [0, 0.1) is 0 Å². The van der Waals surface area contributed by atoms with Gasteiger partial charge >= 0.3 is 0 Å². The SMILES string of the molecule is CN(c1ccc(Cl)cc1)c1nc(O)c(C2=c3ccccc3=NC2=O)s1. The molecule has 124 valence electrons. The topological polar surface area (TPSA) is 65.8 Å². The van der Waals surface area contributed by atoms with Crippen LogP contribution < -0.4 is 15.5 Å². The number of nitrogens with zero attached hydrogens (tertiary/aromatic N) is 3. The lowest BCUT2D eigenvalue weighted by Gasteiger charge is -2.15. The van der Waals surface area contributed by atoms with Gasteiger partial charge in [-0.15, -0.1) is 0 Å². The van der Waals surface area contributed by atoms with Crippen molar-refractivity contribution in [2.24, 2.45) is 4.99 Å². The van der Waals surface area contributed by atoms with Gasteiger partial charge in [-0.2, -0.15) is 4.98 Å². The lowest BCUT2D eigenvalue weighted by Crippen LogP contribution is -2.22. The highest BCUT2D eigenvalue weighted by atomic mass is 35.5. The second-order valence-electron chi connectivity index (χ2n) is 5.49. The van der Waals surface area contributed by atoms with E-state index in [1.807, 2.05) is 42.3 Å². The van der Waals surface area contributed by atoms with E-state index in [0.717, 1.165) is 5.69 Å². The Morgan fingerprint density at radius 1 is 1.12 bits per heavy atom. The fraction of sp³-hybridized carbons (Fsp3) is 0.0556. The summed E-state index contributed by atoms with van der Waals surface area (Å²) in [7, 11) is 1.84. The smallest absolute Gasteiger partial charge is 0.279 e. The number of benzene rings is 2. The third-order valence-corrected chi connectivity index (χ3v) is 5.33. The molecule has 0 atom stereocenters. The molecule has 0 aliphatic carbocycles. The third-order valence-electron chi connectivity index (χ3n) is 3.94. The highest BCUT2D eigenvalue weighted by molar-refractivity contribution is 7.17. The van der Waals surface area contributed by atoms with Crippen molar-refractivity contribution >= 4 is 45.2 Å². The zero-order valence-corrected chi connectivity index (χ0v) is 14.7. The van der Waals surface area contributed by atoms with E-state index < -0.39 is 0 Å². The highest BCUT2D eigenvalue weighted by Crippen LogP contribution is 2.37. The molecule has 0 unspecified atom stereocenters. The van der Waals surface area contributed by atoms with Crippen molar-refractivity contribution in [3.8, 4) is 5.88 Å². The van der Waals surface area contributed by atoms with E-state index in [9.17, 15) is 9.90 Å². The van der Waals surface area contributed by atoms with Crippen molar-refractivity contribution in [2.45, 2.75) is 0 Å². The monoisotopic (exact) mass is 369 g/mol. The molecule has 0 fully saturated rings. The maximum Gasteiger partial charge on any atom is 0.279 e. The van der Waals surface area contributed by atoms with Crippen LogP contribution in [0.1, 0.15) is 4.88 Å². The summed E-state index contributed by atoms with van der Waals surface area (Å²) in [6.45, 7) is 0. The van der Waals surface area contributed by atoms with Crippen molar-refractivity contribution in [1.82, 2.24) is 4.98 Å². The first-order valence-corrected chi connectivity index (χ1v) is 8.66. The first-order chi connectivity index (χ1) is 12.0. The predicted octanol–water partition coefficient (Wildman–Crippen LogP) is 2.63. The van der Waals surface area contributed by atoms with Gasteiger partial charge in [0.05, 0.1) is 10.9 Å². The molecule has 1 aromatic heterocycles. The van der Waals surface area contributed by atoms with Gasteiger partial charge in [0.2, 0.25) is 5.88 Å². The number of para-hydroxylation sites is 1. The quantitative estimate of drug-likeness (QED) is 0.770. The Balaban J connectivity index is 1.81. The minimum absolute atomic E-state index is 0.170. The molecule has 2 heterocycles. The van der Waals surface area contributed by atoms with Gasteiger partial charge < -0.3 is 10.0 Å². The number of thiazole rings is 1. The van der Waals surface area contributed by atoms with Crippen LogP contribution in [0.5, 0.6) is 5.88 Å². The Hall–Kier alpha value is -2.70. The molecule has 0 saturated carbocycles. The molecular weight excluding hydrogens is 358 g/mol. The number of carbonyl (C=O) groups excluding carboxylic acids is 1. The van der Waals surface area contributed by atoms with Crippen molar-refractivity contribution in [2.75, 3.05) is 11.9 Å². The summed E-state index contributed by atoms with van der Waals surface area (Å²) in [5.74, 6) is -0.531. The molecule has 3 aromatic rings. The number of fused-ring (bicyclic) bond motifs is 1. The van der Waals surface area contributed by atoms with Crippen LogP contribution in [-0.2, 0) is 4.79 Å². The van der Waals surface area contributed by atoms with Crippen LogP contribution in [0.25, 0.3) is 5.57 Å². The zero-order valence-electron chi connectivity index (χ0n) is 13.1. The highest BCUT2D eigenvalue weighted by Gasteiger charge is 2.25. The summed E-state index contributed by atoms with van der Waals surface area (Å²) in [4.78, 5) is 22.8. The average Bonchev–Trinajstić information content (AvgIpc) is 3.13. The van der Waals surface area contributed by atoms with E-state index in [2.05, 4.69) is 9.98 Å². The molecule has 25 heavy (non-hydrogen) atoms. The fourth-order valence-corrected chi connectivity index (χ4v) is 3.78. The van der Waals surface area contributed by atoms with Gasteiger partial charge in [-0.1, -0.05) is 41.1 Å². The second kappa shape index (κ2) is 5.98. The molecule has 4 rings (SSSR count). The lowest BCUT2D eigenvalue weighted by molar-refractivity contribution is -0.112. The van der Waals surface area contributed by atoms with E-state index in [0.29, 0.717) is 31.2 Å². The van der Waals surface area contributed by atoms with Crippen molar-refractivity contribution in [3.63, 3.8) is 0 Å². The molecule has 0 saturated heterocycles. The first kappa shape index (κ1) is 15.8. The lowest BCUT2D eigenvalue weighted by atomic mass is 10.1.